The molecule has 6 heteroatoms. The fraction of sp³-hybridized carbons (Fsp3) is 0.429. The van der Waals surface area contributed by atoms with E-state index in [0.29, 0.717) is 17.9 Å². The van der Waals surface area contributed by atoms with Gasteiger partial charge in [0.05, 0.1) is 5.60 Å². The van der Waals surface area contributed by atoms with Crippen molar-refractivity contribution in [2.75, 3.05) is 6.54 Å². The Morgan fingerprint density at radius 1 is 1.25 bits per heavy atom. The first kappa shape index (κ1) is 17.2. The summed E-state index contributed by atoms with van der Waals surface area (Å²) < 4.78 is 26.0. The molecule has 1 aromatic rings. The lowest BCUT2D eigenvalue weighted by molar-refractivity contribution is 0.0378. The highest BCUT2D eigenvalue weighted by Crippen LogP contribution is 2.14. The molecule has 20 heavy (non-hydrogen) atoms. The summed E-state index contributed by atoms with van der Waals surface area (Å²) in [6, 6.07) is 6.83. The van der Waals surface area contributed by atoms with Crippen LogP contribution in [0.4, 0.5) is 0 Å². The van der Waals surface area contributed by atoms with Crippen molar-refractivity contribution in [1.29, 1.82) is 0 Å². The molecule has 0 saturated heterocycles. The molecule has 0 unspecified atom stereocenters. The SMILES string of the molecule is CCC(O)(CC)CNS(=O)(=O)C=Cc1ccc(Cl)cc1. The summed E-state index contributed by atoms with van der Waals surface area (Å²) >= 11 is 5.75. The van der Waals surface area contributed by atoms with Gasteiger partial charge in [-0.05, 0) is 36.6 Å². The summed E-state index contributed by atoms with van der Waals surface area (Å²) in [7, 11) is -3.57. The van der Waals surface area contributed by atoms with Crippen molar-refractivity contribution >= 4 is 27.7 Å². The average Bonchev–Trinajstić information content (AvgIpc) is 2.44. The van der Waals surface area contributed by atoms with E-state index >= 15 is 0 Å². The molecule has 0 aliphatic rings. The molecule has 0 fully saturated rings. The fourth-order valence-corrected chi connectivity index (χ4v) is 2.55. The topological polar surface area (TPSA) is 66.4 Å². The lowest BCUT2D eigenvalue weighted by atomic mass is 9.98. The van der Waals surface area contributed by atoms with E-state index in [1.807, 2.05) is 13.8 Å². The molecule has 0 amide bonds. The fourth-order valence-electron chi connectivity index (χ4n) is 1.53. The van der Waals surface area contributed by atoms with Crippen LogP contribution in [0.2, 0.25) is 5.02 Å². The highest BCUT2D eigenvalue weighted by molar-refractivity contribution is 7.92. The molecule has 0 heterocycles. The van der Waals surface area contributed by atoms with E-state index in [0.717, 1.165) is 11.0 Å². The van der Waals surface area contributed by atoms with Gasteiger partial charge in [0, 0.05) is 17.0 Å². The van der Waals surface area contributed by atoms with Crippen LogP contribution in [0.15, 0.2) is 29.7 Å². The van der Waals surface area contributed by atoms with Gasteiger partial charge in [-0.15, -0.1) is 0 Å². The van der Waals surface area contributed by atoms with Crippen LogP contribution >= 0.6 is 11.6 Å². The average molecular weight is 318 g/mol. The van der Waals surface area contributed by atoms with Crippen molar-refractivity contribution in [3.05, 3.63) is 40.3 Å². The van der Waals surface area contributed by atoms with Crippen molar-refractivity contribution in [2.45, 2.75) is 32.3 Å². The summed E-state index contributed by atoms with van der Waals surface area (Å²) in [6.45, 7) is 3.65. The van der Waals surface area contributed by atoms with Crippen molar-refractivity contribution < 1.29 is 13.5 Å². The molecule has 0 saturated carbocycles. The second kappa shape index (κ2) is 7.22. The van der Waals surface area contributed by atoms with Gasteiger partial charge in [-0.3, -0.25) is 0 Å². The Bertz CT molecular complexity index is 548. The minimum absolute atomic E-state index is 0.00723. The van der Waals surface area contributed by atoms with Crippen LogP contribution in [-0.4, -0.2) is 25.7 Å². The van der Waals surface area contributed by atoms with Crippen LogP contribution in [0.3, 0.4) is 0 Å². The molecule has 1 aromatic carbocycles. The van der Waals surface area contributed by atoms with Crippen LogP contribution in [0, 0.1) is 0 Å². The van der Waals surface area contributed by atoms with Crippen LogP contribution < -0.4 is 4.72 Å². The van der Waals surface area contributed by atoms with Gasteiger partial charge in [-0.2, -0.15) is 0 Å². The highest BCUT2D eigenvalue weighted by atomic mass is 35.5. The Kier molecular flexibility index (Phi) is 6.20. The first-order valence-corrected chi connectivity index (χ1v) is 8.38. The Morgan fingerprint density at radius 3 is 2.30 bits per heavy atom. The number of halogens is 1. The Balaban J connectivity index is 2.68. The smallest absolute Gasteiger partial charge is 0.233 e. The van der Waals surface area contributed by atoms with Gasteiger partial charge >= 0.3 is 0 Å². The normalized spacial score (nSPS) is 13.0. The van der Waals surface area contributed by atoms with Crippen LogP contribution in [0.5, 0.6) is 0 Å². The zero-order valence-corrected chi connectivity index (χ0v) is 13.2. The number of nitrogens with one attached hydrogen (secondary N) is 1. The lowest BCUT2D eigenvalue weighted by Crippen LogP contribution is -2.41. The van der Waals surface area contributed by atoms with Crippen molar-refractivity contribution in [2.24, 2.45) is 0 Å². The third kappa shape index (κ3) is 5.63. The quantitative estimate of drug-likeness (QED) is 0.812. The summed E-state index contributed by atoms with van der Waals surface area (Å²) in [6.07, 6.45) is 2.47. The van der Waals surface area contributed by atoms with Crippen molar-refractivity contribution in [3.8, 4) is 0 Å². The monoisotopic (exact) mass is 317 g/mol. The molecule has 0 bridgehead atoms. The van der Waals surface area contributed by atoms with Gasteiger partial charge in [0.1, 0.15) is 0 Å². The predicted octanol–water partition coefficient (Wildman–Crippen LogP) is 2.78. The summed E-state index contributed by atoms with van der Waals surface area (Å²) in [5.74, 6) is 0. The van der Waals surface area contributed by atoms with Gasteiger partial charge in [0.25, 0.3) is 0 Å². The number of benzene rings is 1. The molecule has 0 aliphatic heterocycles. The molecule has 0 atom stereocenters. The van der Waals surface area contributed by atoms with Crippen LogP contribution in [-0.2, 0) is 10.0 Å². The number of hydrogen-bond donors (Lipinski definition) is 2. The maximum atomic E-state index is 11.8. The molecule has 0 spiro atoms. The molecule has 4 nitrogen and oxygen atoms in total. The lowest BCUT2D eigenvalue weighted by Gasteiger charge is -2.24. The Labute approximate surface area is 125 Å². The molecule has 112 valence electrons. The van der Waals surface area contributed by atoms with Crippen LogP contribution in [0.1, 0.15) is 32.3 Å². The van der Waals surface area contributed by atoms with Gasteiger partial charge in [-0.1, -0.05) is 37.6 Å². The van der Waals surface area contributed by atoms with E-state index in [1.165, 1.54) is 6.08 Å². The van der Waals surface area contributed by atoms with Crippen molar-refractivity contribution in [1.82, 2.24) is 4.72 Å². The van der Waals surface area contributed by atoms with Gasteiger partial charge in [0.2, 0.25) is 10.0 Å². The first-order valence-electron chi connectivity index (χ1n) is 6.46. The summed E-state index contributed by atoms with van der Waals surface area (Å²) in [5.41, 5.74) is -0.262. The molecule has 2 N–H and O–H groups in total. The van der Waals surface area contributed by atoms with Crippen molar-refractivity contribution in [3.63, 3.8) is 0 Å². The highest BCUT2D eigenvalue weighted by Gasteiger charge is 2.23. The third-order valence-corrected chi connectivity index (χ3v) is 4.52. The number of aliphatic hydroxyl groups is 1. The minimum Gasteiger partial charge on any atom is -0.389 e. The van der Waals surface area contributed by atoms with Gasteiger partial charge in [-0.25, -0.2) is 13.1 Å². The molecule has 0 aliphatic carbocycles. The van der Waals surface area contributed by atoms with Crippen LogP contribution in [0.25, 0.3) is 6.08 Å². The standard InChI is InChI=1S/C14H20ClNO3S/c1-3-14(17,4-2)11-16-20(18,19)10-9-12-5-7-13(15)8-6-12/h5-10,16-17H,3-4,11H2,1-2H3. The molecular formula is C14H20ClNO3S. The number of sulfonamides is 1. The number of hydrogen-bond acceptors (Lipinski definition) is 3. The Hall–Kier alpha value is -0.880. The number of rotatable bonds is 7. The zero-order valence-electron chi connectivity index (χ0n) is 11.6. The summed E-state index contributed by atoms with van der Waals surface area (Å²) in [4.78, 5) is 0. The minimum atomic E-state index is -3.57. The maximum absolute atomic E-state index is 11.8. The van der Waals surface area contributed by atoms with E-state index in [9.17, 15) is 13.5 Å². The Morgan fingerprint density at radius 2 is 1.80 bits per heavy atom. The second-order valence-electron chi connectivity index (χ2n) is 4.65. The predicted molar refractivity (Wildman–Crippen MR) is 82.9 cm³/mol. The third-order valence-electron chi connectivity index (χ3n) is 3.23. The maximum Gasteiger partial charge on any atom is 0.233 e. The van der Waals surface area contributed by atoms with E-state index in [-0.39, 0.29) is 6.54 Å². The molecule has 0 radical (unpaired) electrons. The first-order chi connectivity index (χ1) is 9.30. The zero-order chi connectivity index (χ0) is 15.2. The molecular weight excluding hydrogens is 298 g/mol. The molecule has 1 rings (SSSR count). The second-order valence-corrected chi connectivity index (χ2v) is 6.74. The van der Waals surface area contributed by atoms with Gasteiger partial charge < -0.3 is 5.11 Å². The molecule has 0 aromatic heterocycles. The van der Waals surface area contributed by atoms with E-state index in [4.69, 9.17) is 11.6 Å². The van der Waals surface area contributed by atoms with E-state index in [1.54, 1.807) is 24.3 Å². The van der Waals surface area contributed by atoms with Gasteiger partial charge in [0.15, 0.2) is 0 Å². The summed E-state index contributed by atoms with van der Waals surface area (Å²) in [5, 5.41) is 11.7. The van der Waals surface area contributed by atoms with E-state index < -0.39 is 15.6 Å². The largest absolute Gasteiger partial charge is 0.389 e. The van der Waals surface area contributed by atoms with E-state index in [2.05, 4.69) is 4.72 Å².